The molecule has 2 aromatic heterocycles. The number of benzene rings is 2. The van der Waals surface area contributed by atoms with Crippen LogP contribution < -0.4 is 15.6 Å². The third kappa shape index (κ3) is 3.18. The van der Waals surface area contributed by atoms with E-state index in [0.717, 1.165) is 5.56 Å². The van der Waals surface area contributed by atoms with E-state index in [-0.39, 0.29) is 18.0 Å². The number of para-hydroxylation sites is 1. The van der Waals surface area contributed by atoms with Crippen molar-refractivity contribution < 1.29 is 9.53 Å². The van der Waals surface area contributed by atoms with Gasteiger partial charge in [-0.1, -0.05) is 29.8 Å². The minimum absolute atomic E-state index is 0.276. The number of fused-ring (bicyclic) bond motifs is 2. The number of aromatic nitrogens is 2. The molecule has 2 aromatic carbocycles. The van der Waals surface area contributed by atoms with Crippen LogP contribution in [0.2, 0.25) is 5.02 Å². The highest BCUT2D eigenvalue weighted by atomic mass is 35.5. The molecule has 4 rings (SSSR count). The number of amides is 1. The lowest BCUT2D eigenvalue weighted by Crippen LogP contribution is -2.25. The molecule has 1 amide bonds. The molecule has 0 aliphatic heterocycles. The van der Waals surface area contributed by atoms with Crippen molar-refractivity contribution in [3.63, 3.8) is 0 Å². The van der Waals surface area contributed by atoms with Crippen molar-refractivity contribution in [2.45, 2.75) is 6.54 Å². The van der Waals surface area contributed by atoms with Gasteiger partial charge in [0.2, 0.25) is 0 Å². The average Bonchev–Trinajstić information content (AvgIpc) is 2.72. The maximum absolute atomic E-state index is 12.8. The molecule has 0 radical (unpaired) electrons. The third-order valence-corrected chi connectivity index (χ3v) is 4.71. The first kappa shape index (κ1) is 18.0. The Morgan fingerprint density at radius 1 is 1.18 bits per heavy atom. The molecule has 0 atom stereocenters. The maximum atomic E-state index is 12.8. The SMILES string of the molecule is COc1ccccc1CNC(=O)c1cccn2c(=O)c3cc(Cl)ccc3nc12. The van der Waals surface area contributed by atoms with Gasteiger partial charge >= 0.3 is 0 Å². The van der Waals surface area contributed by atoms with Crippen LogP contribution in [0, 0.1) is 0 Å². The maximum Gasteiger partial charge on any atom is 0.265 e. The van der Waals surface area contributed by atoms with Crippen molar-refractivity contribution in [3.05, 3.63) is 87.3 Å². The number of halogens is 1. The molecule has 0 spiro atoms. The number of methoxy groups -OCH3 is 1. The van der Waals surface area contributed by atoms with Gasteiger partial charge in [0.1, 0.15) is 5.75 Å². The van der Waals surface area contributed by atoms with Crippen molar-refractivity contribution >= 4 is 34.1 Å². The summed E-state index contributed by atoms with van der Waals surface area (Å²) in [5, 5.41) is 3.72. The van der Waals surface area contributed by atoms with Gasteiger partial charge in [0.25, 0.3) is 11.5 Å². The second-order valence-electron chi connectivity index (χ2n) is 6.19. The van der Waals surface area contributed by atoms with E-state index >= 15 is 0 Å². The number of rotatable bonds is 4. The van der Waals surface area contributed by atoms with Gasteiger partial charge in [0.15, 0.2) is 5.65 Å². The van der Waals surface area contributed by atoms with Crippen LogP contribution in [0.1, 0.15) is 15.9 Å². The summed E-state index contributed by atoms with van der Waals surface area (Å²) < 4.78 is 6.67. The summed E-state index contributed by atoms with van der Waals surface area (Å²) in [5.74, 6) is 0.363. The standard InChI is InChI=1S/C21H16ClN3O3/c1-28-18-7-3-2-5-13(18)12-23-20(26)15-6-4-10-25-19(15)24-17-9-8-14(22)11-16(17)21(25)27/h2-11H,12H2,1H3,(H,23,26). The Bertz CT molecular complexity index is 1270. The molecule has 0 aliphatic rings. The fourth-order valence-corrected chi connectivity index (χ4v) is 3.27. The number of carbonyl (C=O) groups is 1. The monoisotopic (exact) mass is 393 g/mol. The molecule has 0 saturated carbocycles. The molecule has 2 heterocycles. The Morgan fingerprint density at radius 3 is 2.82 bits per heavy atom. The second kappa shape index (κ2) is 7.32. The molecule has 0 fully saturated rings. The lowest BCUT2D eigenvalue weighted by atomic mass is 10.2. The Morgan fingerprint density at radius 2 is 2.00 bits per heavy atom. The van der Waals surface area contributed by atoms with Crippen molar-refractivity contribution in [1.29, 1.82) is 0 Å². The summed E-state index contributed by atoms with van der Waals surface area (Å²) in [4.78, 5) is 30.1. The first-order valence-corrected chi connectivity index (χ1v) is 8.97. The first-order valence-electron chi connectivity index (χ1n) is 8.59. The molecular formula is C21H16ClN3O3. The fraction of sp³-hybridized carbons (Fsp3) is 0.0952. The Balaban J connectivity index is 1.74. The molecule has 4 aromatic rings. The molecule has 0 unspecified atom stereocenters. The molecular weight excluding hydrogens is 378 g/mol. The summed E-state index contributed by atoms with van der Waals surface area (Å²) in [6.07, 6.45) is 1.59. The van der Waals surface area contributed by atoms with E-state index in [1.165, 1.54) is 4.40 Å². The number of carbonyl (C=O) groups excluding carboxylic acids is 1. The zero-order chi connectivity index (χ0) is 19.7. The van der Waals surface area contributed by atoms with Gasteiger partial charge in [-0.25, -0.2) is 4.98 Å². The molecule has 140 valence electrons. The van der Waals surface area contributed by atoms with Crippen LogP contribution in [-0.4, -0.2) is 22.4 Å². The van der Waals surface area contributed by atoms with Gasteiger partial charge in [-0.05, 0) is 36.4 Å². The van der Waals surface area contributed by atoms with Crippen LogP contribution in [0.15, 0.2) is 65.6 Å². The van der Waals surface area contributed by atoms with E-state index < -0.39 is 0 Å². The fourth-order valence-electron chi connectivity index (χ4n) is 3.10. The third-order valence-electron chi connectivity index (χ3n) is 4.48. The van der Waals surface area contributed by atoms with E-state index in [4.69, 9.17) is 16.3 Å². The van der Waals surface area contributed by atoms with Crippen LogP contribution in [0.4, 0.5) is 0 Å². The van der Waals surface area contributed by atoms with E-state index in [1.54, 1.807) is 43.6 Å². The largest absolute Gasteiger partial charge is 0.496 e. The number of nitrogens with one attached hydrogen (secondary N) is 1. The minimum atomic E-state index is -0.329. The van der Waals surface area contributed by atoms with E-state index in [2.05, 4.69) is 10.3 Å². The van der Waals surface area contributed by atoms with Crippen molar-refractivity contribution in [2.75, 3.05) is 7.11 Å². The summed E-state index contributed by atoms with van der Waals surface area (Å²) in [6, 6.07) is 15.6. The molecule has 28 heavy (non-hydrogen) atoms. The Labute approximate surface area is 165 Å². The highest BCUT2D eigenvalue weighted by molar-refractivity contribution is 6.31. The predicted octanol–water partition coefficient (Wildman–Crippen LogP) is 3.44. The van der Waals surface area contributed by atoms with E-state index in [9.17, 15) is 9.59 Å². The lowest BCUT2D eigenvalue weighted by Gasteiger charge is -2.11. The molecule has 0 saturated heterocycles. The molecule has 0 aliphatic carbocycles. The average molecular weight is 394 g/mol. The quantitative estimate of drug-likeness (QED) is 0.539. The van der Waals surface area contributed by atoms with Crippen LogP contribution >= 0.6 is 11.6 Å². The summed E-state index contributed by atoms with van der Waals surface area (Å²) >= 11 is 6.00. The minimum Gasteiger partial charge on any atom is -0.496 e. The second-order valence-corrected chi connectivity index (χ2v) is 6.62. The van der Waals surface area contributed by atoms with Gasteiger partial charge in [-0.2, -0.15) is 0 Å². The smallest absolute Gasteiger partial charge is 0.265 e. The molecule has 0 bridgehead atoms. The van der Waals surface area contributed by atoms with Crippen LogP contribution in [-0.2, 0) is 6.54 Å². The summed E-state index contributed by atoms with van der Waals surface area (Å²) in [5.41, 5.74) is 1.66. The van der Waals surface area contributed by atoms with Crippen molar-refractivity contribution in [1.82, 2.24) is 14.7 Å². The van der Waals surface area contributed by atoms with Gasteiger partial charge in [-0.15, -0.1) is 0 Å². The highest BCUT2D eigenvalue weighted by Crippen LogP contribution is 2.19. The number of ether oxygens (including phenoxy) is 1. The van der Waals surface area contributed by atoms with Gasteiger partial charge in [-0.3, -0.25) is 14.0 Å². The van der Waals surface area contributed by atoms with E-state index in [0.29, 0.717) is 32.9 Å². The predicted molar refractivity (Wildman–Crippen MR) is 108 cm³/mol. The van der Waals surface area contributed by atoms with Gasteiger partial charge < -0.3 is 10.1 Å². The van der Waals surface area contributed by atoms with Crippen LogP contribution in [0.25, 0.3) is 16.6 Å². The number of hydrogen-bond donors (Lipinski definition) is 1. The summed E-state index contributed by atoms with van der Waals surface area (Å²) in [7, 11) is 1.58. The Hall–Kier alpha value is -3.38. The van der Waals surface area contributed by atoms with Crippen LogP contribution in [0.5, 0.6) is 5.75 Å². The van der Waals surface area contributed by atoms with Gasteiger partial charge in [0, 0.05) is 23.3 Å². The molecule has 7 heteroatoms. The number of hydrogen-bond acceptors (Lipinski definition) is 4. The summed E-state index contributed by atoms with van der Waals surface area (Å²) in [6.45, 7) is 0.289. The topological polar surface area (TPSA) is 72.7 Å². The Kier molecular flexibility index (Phi) is 4.71. The van der Waals surface area contributed by atoms with Crippen LogP contribution in [0.3, 0.4) is 0 Å². The normalized spacial score (nSPS) is 10.9. The van der Waals surface area contributed by atoms with Crippen molar-refractivity contribution in [2.24, 2.45) is 0 Å². The number of pyridine rings is 1. The molecule has 1 N–H and O–H groups in total. The van der Waals surface area contributed by atoms with Crippen molar-refractivity contribution in [3.8, 4) is 5.75 Å². The van der Waals surface area contributed by atoms with Gasteiger partial charge in [0.05, 0.1) is 23.6 Å². The number of nitrogens with zero attached hydrogens (tertiary/aromatic N) is 2. The zero-order valence-electron chi connectivity index (χ0n) is 15.0. The lowest BCUT2D eigenvalue weighted by molar-refractivity contribution is 0.0951. The first-order chi connectivity index (χ1) is 13.6. The highest BCUT2D eigenvalue weighted by Gasteiger charge is 2.15. The van der Waals surface area contributed by atoms with E-state index in [1.807, 2.05) is 24.3 Å². The molecule has 6 nitrogen and oxygen atoms in total. The zero-order valence-corrected chi connectivity index (χ0v) is 15.7.